The van der Waals surface area contributed by atoms with Gasteiger partial charge in [-0.15, -0.1) is 0 Å². The predicted octanol–water partition coefficient (Wildman–Crippen LogP) is 4.36. The molecule has 5 nitrogen and oxygen atoms in total. The van der Waals surface area contributed by atoms with Crippen LogP contribution in [0.3, 0.4) is 0 Å². The summed E-state index contributed by atoms with van der Waals surface area (Å²) in [5.41, 5.74) is 2.95. The van der Waals surface area contributed by atoms with Crippen LogP contribution < -0.4 is 0 Å². The van der Waals surface area contributed by atoms with E-state index in [2.05, 4.69) is 43.2 Å². The van der Waals surface area contributed by atoms with E-state index in [0.29, 0.717) is 6.04 Å². The Hall–Kier alpha value is -2.21. The quantitative estimate of drug-likeness (QED) is 0.698. The van der Waals surface area contributed by atoms with Crippen LogP contribution in [0.4, 0.5) is 0 Å². The maximum Gasteiger partial charge on any atom is 0.195 e. The molecule has 3 atom stereocenters. The highest BCUT2D eigenvalue weighted by Crippen LogP contribution is 2.51. The molecule has 2 heterocycles. The average molecular weight is 337 g/mol. The van der Waals surface area contributed by atoms with E-state index in [4.69, 9.17) is 12.2 Å². The van der Waals surface area contributed by atoms with Crippen LogP contribution in [0.5, 0.6) is 0 Å². The van der Waals surface area contributed by atoms with Crippen molar-refractivity contribution in [3.05, 3.63) is 41.2 Å². The highest BCUT2D eigenvalue weighted by Gasteiger charge is 2.41. The van der Waals surface area contributed by atoms with Gasteiger partial charge in [0.25, 0.3) is 0 Å². The van der Waals surface area contributed by atoms with E-state index in [1.807, 2.05) is 18.2 Å². The van der Waals surface area contributed by atoms with E-state index >= 15 is 0 Å². The normalized spacial score (nSPS) is 25.4. The van der Waals surface area contributed by atoms with Crippen molar-refractivity contribution in [3.63, 3.8) is 0 Å². The fourth-order valence-corrected chi connectivity index (χ4v) is 4.79. The summed E-state index contributed by atoms with van der Waals surface area (Å²) in [6.07, 6.45) is 5.27. The Balaban J connectivity index is 1.54. The van der Waals surface area contributed by atoms with E-state index in [9.17, 15) is 0 Å². The first-order chi connectivity index (χ1) is 11.8. The molecule has 0 saturated heterocycles. The molecule has 0 aliphatic heterocycles. The molecule has 5 rings (SSSR count). The molecule has 2 aliphatic rings. The highest BCUT2D eigenvalue weighted by atomic mass is 32.1. The van der Waals surface area contributed by atoms with Gasteiger partial charge in [-0.05, 0) is 49.4 Å². The zero-order valence-electron chi connectivity index (χ0n) is 13.3. The summed E-state index contributed by atoms with van der Waals surface area (Å²) >= 11 is 5.54. The fraction of sp³-hybridized carbons (Fsp3) is 0.389. The van der Waals surface area contributed by atoms with E-state index in [-0.39, 0.29) is 0 Å². The molecule has 2 bridgehead atoms. The minimum Gasteiger partial charge on any atom is -0.295 e. The summed E-state index contributed by atoms with van der Waals surface area (Å²) in [6.45, 7) is 0. The number of rotatable bonds is 3. The van der Waals surface area contributed by atoms with Gasteiger partial charge >= 0.3 is 0 Å². The van der Waals surface area contributed by atoms with Gasteiger partial charge < -0.3 is 0 Å². The second kappa shape index (κ2) is 5.41. The van der Waals surface area contributed by atoms with Gasteiger partial charge in [0.05, 0.1) is 5.69 Å². The topological polar surface area (TPSA) is 62.3 Å². The number of benzene rings is 1. The minimum absolute atomic E-state index is 0.480. The molecular formula is C18H19N5S. The lowest BCUT2D eigenvalue weighted by Gasteiger charge is -2.23. The monoisotopic (exact) mass is 337 g/mol. The Kier molecular flexibility index (Phi) is 3.19. The molecule has 122 valence electrons. The molecule has 1 aromatic carbocycles. The summed E-state index contributed by atoms with van der Waals surface area (Å²) in [5, 5.41) is 15.1. The van der Waals surface area contributed by atoms with Crippen molar-refractivity contribution in [2.24, 2.45) is 11.8 Å². The van der Waals surface area contributed by atoms with Crippen LogP contribution >= 0.6 is 12.2 Å². The van der Waals surface area contributed by atoms with Crippen molar-refractivity contribution in [2.75, 3.05) is 0 Å². The second-order valence-electron chi connectivity index (χ2n) is 7.00. The summed E-state index contributed by atoms with van der Waals surface area (Å²) in [7, 11) is 0. The smallest absolute Gasteiger partial charge is 0.195 e. The van der Waals surface area contributed by atoms with Gasteiger partial charge in [0.1, 0.15) is 5.69 Å². The number of aromatic amines is 2. The minimum atomic E-state index is 0.480. The first-order valence-electron chi connectivity index (χ1n) is 8.57. The van der Waals surface area contributed by atoms with Crippen LogP contribution in [0.1, 0.15) is 31.7 Å². The summed E-state index contributed by atoms with van der Waals surface area (Å²) in [6, 6.07) is 12.7. The maximum absolute atomic E-state index is 5.54. The number of hydrogen-bond acceptors (Lipinski definition) is 3. The largest absolute Gasteiger partial charge is 0.295 e. The SMILES string of the molecule is S=c1[nH]nc(-c2cc(-c3ccccc3)n[nH]2)n1[C@@H]1C[C@H]2CC[C@H]1C2. The van der Waals surface area contributed by atoms with Crippen molar-refractivity contribution in [2.45, 2.75) is 31.7 Å². The molecule has 6 heteroatoms. The second-order valence-corrected chi connectivity index (χ2v) is 7.38. The zero-order valence-corrected chi connectivity index (χ0v) is 14.1. The van der Waals surface area contributed by atoms with Crippen LogP contribution in [0, 0.1) is 16.6 Å². The standard InChI is InChI=1S/C18H19N5S/c24-18-22-21-17(23(18)16-9-11-6-7-13(16)8-11)15-10-14(19-20-15)12-4-2-1-3-5-12/h1-5,10-11,13,16H,6-9H2,(H,19,20)(H,22,24)/t11-,13-,16+/m0/s1. The lowest BCUT2D eigenvalue weighted by Crippen LogP contribution is -2.17. The Morgan fingerprint density at radius 2 is 1.92 bits per heavy atom. The van der Waals surface area contributed by atoms with E-state index in [0.717, 1.165) is 39.4 Å². The number of H-pyrrole nitrogens is 2. The fourth-order valence-electron chi connectivity index (χ4n) is 4.52. The van der Waals surface area contributed by atoms with Gasteiger partial charge in [-0.3, -0.25) is 14.8 Å². The van der Waals surface area contributed by atoms with E-state index in [1.165, 1.54) is 25.7 Å². The molecule has 2 aromatic heterocycles. The summed E-state index contributed by atoms with van der Waals surface area (Å²) < 4.78 is 2.94. The number of fused-ring (bicyclic) bond motifs is 2. The first kappa shape index (κ1) is 14.2. The van der Waals surface area contributed by atoms with E-state index in [1.54, 1.807) is 0 Å². The molecule has 3 aromatic rings. The van der Waals surface area contributed by atoms with Gasteiger partial charge in [-0.1, -0.05) is 36.8 Å². The van der Waals surface area contributed by atoms with Crippen molar-refractivity contribution < 1.29 is 0 Å². The van der Waals surface area contributed by atoms with Crippen molar-refractivity contribution in [1.82, 2.24) is 25.0 Å². The third-order valence-electron chi connectivity index (χ3n) is 5.63. The molecule has 2 fully saturated rings. The molecule has 2 saturated carbocycles. The Morgan fingerprint density at radius 1 is 1.04 bits per heavy atom. The van der Waals surface area contributed by atoms with Gasteiger partial charge in [0.15, 0.2) is 10.6 Å². The van der Waals surface area contributed by atoms with Crippen LogP contribution in [0.15, 0.2) is 36.4 Å². The Morgan fingerprint density at radius 3 is 2.67 bits per heavy atom. The third kappa shape index (κ3) is 2.17. The first-order valence-corrected chi connectivity index (χ1v) is 8.98. The van der Waals surface area contributed by atoms with Gasteiger partial charge in [-0.25, -0.2) is 0 Å². The van der Waals surface area contributed by atoms with Crippen molar-refractivity contribution in [1.29, 1.82) is 0 Å². The molecule has 0 amide bonds. The lowest BCUT2D eigenvalue weighted by molar-refractivity contribution is 0.329. The molecule has 0 spiro atoms. The number of aromatic nitrogens is 5. The molecule has 24 heavy (non-hydrogen) atoms. The zero-order chi connectivity index (χ0) is 16.1. The maximum atomic E-state index is 5.54. The highest BCUT2D eigenvalue weighted by molar-refractivity contribution is 7.71. The van der Waals surface area contributed by atoms with Crippen LogP contribution in [-0.2, 0) is 0 Å². The van der Waals surface area contributed by atoms with Crippen LogP contribution in [0.2, 0.25) is 0 Å². The summed E-state index contributed by atoms with van der Waals surface area (Å²) in [4.78, 5) is 0. The molecular weight excluding hydrogens is 318 g/mol. The van der Waals surface area contributed by atoms with Gasteiger partial charge in [0.2, 0.25) is 0 Å². The van der Waals surface area contributed by atoms with Crippen LogP contribution in [-0.4, -0.2) is 25.0 Å². The van der Waals surface area contributed by atoms with E-state index < -0.39 is 0 Å². The average Bonchev–Trinajstić information content (AvgIpc) is 3.38. The Labute approximate surface area is 145 Å². The summed E-state index contributed by atoms with van der Waals surface area (Å²) in [5.74, 6) is 2.49. The van der Waals surface area contributed by atoms with Crippen molar-refractivity contribution in [3.8, 4) is 22.8 Å². The van der Waals surface area contributed by atoms with Crippen molar-refractivity contribution >= 4 is 12.2 Å². The molecule has 0 unspecified atom stereocenters. The molecule has 0 radical (unpaired) electrons. The predicted molar refractivity (Wildman–Crippen MR) is 94.9 cm³/mol. The lowest BCUT2D eigenvalue weighted by atomic mass is 9.95. The van der Waals surface area contributed by atoms with Crippen LogP contribution in [0.25, 0.3) is 22.8 Å². The molecule has 2 aliphatic carbocycles. The third-order valence-corrected chi connectivity index (χ3v) is 5.91. The van der Waals surface area contributed by atoms with Gasteiger partial charge in [-0.2, -0.15) is 10.2 Å². The molecule has 2 N–H and O–H groups in total. The number of nitrogens with one attached hydrogen (secondary N) is 2. The van der Waals surface area contributed by atoms with Gasteiger partial charge in [0, 0.05) is 11.6 Å². The Bertz CT molecular complexity index is 922. The number of hydrogen-bond donors (Lipinski definition) is 2. The number of nitrogens with zero attached hydrogens (tertiary/aromatic N) is 3.